The molecule has 0 radical (unpaired) electrons. The van der Waals surface area contributed by atoms with Crippen LogP contribution in [0.1, 0.15) is 38.1 Å². The minimum atomic E-state index is -0.329. The van der Waals surface area contributed by atoms with E-state index in [1.54, 1.807) is 23.1 Å². The molecule has 156 valence electrons. The fourth-order valence-corrected chi connectivity index (χ4v) is 3.56. The minimum Gasteiger partial charge on any atom is -0.492 e. The second kappa shape index (κ2) is 8.94. The standard InChI is InChI=1S/C22H23FN4O3/c1-2-29-19-9-4-3-7-17(19)24-22(28)27-14-6-5-8-18(27)21-25-20(26-30-21)15-10-12-16(23)13-11-15/h3-4,7,9-13,18H,2,5-6,8,14H2,1H3,(H,24,28)/t18-/m1/s1. The molecule has 0 bridgehead atoms. The molecule has 30 heavy (non-hydrogen) atoms. The Morgan fingerprint density at radius 1 is 1.23 bits per heavy atom. The average Bonchev–Trinajstić information content (AvgIpc) is 3.26. The molecule has 1 aliphatic heterocycles. The van der Waals surface area contributed by atoms with Gasteiger partial charge >= 0.3 is 6.03 Å². The van der Waals surface area contributed by atoms with Gasteiger partial charge in [-0.25, -0.2) is 9.18 Å². The highest BCUT2D eigenvalue weighted by Crippen LogP contribution is 2.32. The van der Waals surface area contributed by atoms with E-state index in [9.17, 15) is 9.18 Å². The second-order valence-electron chi connectivity index (χ2n) is 7.03. The van der Waals surface area contributed by atoms with Gasteiger partial charge in [0.2, 0.25) is 11.7 Å². The van der Waals surface area contributed by atoms with Crippen molar-refractivity contribution in [2.45, 2.75) is 32.2 Å². The Morgan fingerprint density at radius 2 is 2.03 bits per heavy atom. The molecule has 0 unspecified atom stereocenters. The molecule has 1 aromatic heterocycles. The van der Waals surface area contributed by atoms with Gasteiger partial charge in [0.1, 0.15) is 17.6 Å². The number of rotatable bonds is 5. The fraction of sp³-hybridized carbons (Fsp3) is 0.318. The molecule has 1 fully saturated rings. The molecule has 1 saturated heterocycles. The number of carbonyl (C=O) groups excluding carboxylic acids is 1. The Bertz CT molecular complexity index is 1010. The third kappa shape index (κ3) is 4.27. The lowest BCUT2D eigenvalue weighted by molar-refractivity contribution is 0.142. The first-order valence-electron chi connectivity index (χ1n) is 10.0. The first-order valence-corrected chi connectivity index (χ1v) is 10.0. The summed E-state index contributed by atoms with van der Waals surface area (Å²) in [5.41, 5.74) is 1.27. The maximum atomic E-state index is 13.2. The summed E-state index contributed by atoms with van der Waals surface area (Å²) in [6.45, 7) is 2.99. The molecule has 0 aliphatic carbocycles. The van der Waals surface area contributed by atoms with Crippen molar-refractivity contribution < 1.29 is 18.4 Å². The van der Waals surface area contributed by atoms with E-state index in [1.807, 2.05) is 25.1 Å². The summed E-state index contributed by atoms with van der Waals surface area (Å²) >= 11 is 0. The number of urea groups is 1. The molecule has 0 spiro atoms. The topological polar surface area (TPSA) is 80.5 Å². The molecule has 2 heterocycles. The van der Waals surface area contributed by atoms with E-state index < -0.39 is 0 Å². The third-order valence-electron chi connectivity index (χ3n) is 5.02. The van der Waals surface area contributed by atoms with Crippen molar-refractivity contribution in [3.8, 4) is 17.1 Å². The normalized spacial score (nSPS) is 16.3. The molecule has 2 amide bonds. The predicted octanol–water partition coefficient (Wildman–Crippen LogP) is 5.03. The number of carbonyl (C=O) groups is 1. The van der Waals surface area contributed by atoms with Gasteiger partial charge < -0.3 is 19.5 Å². The highest BCUT2D eigenvalue weighted by Gasteiger charge is 2.32. The molecule has 8 heteroatoms. The van der Waals surface area contributed by atoms with Crippen LogP contribution in [0.25, 0.3) is 11.4 Å². The molecule has 1 aliphatic rings. The van der Waals surface area contributed by atoms with Gasteiger partial charge in [0.25, 0.3) is 0 Å². The van der Waals surface area contributed by atoms with Crippen molar-refractivity contribution in [1.82, 2.24) is 15.0 Å². The van der Waals surface area contributed by atoms with Crippen LogP contribution in [0.2, 0.25) is 0 Å². The van der Waals surface area contributed by atoms with Gasteiger partial charge in [0, 0.05) is 12.1 Å². The Labute approximate surface area is 173 Å². The smallest absolute Gasteiger partial charge is 0.322 e. The molecule has 1 atom stereocenters. The van der Waals surface area contributed by atoms with Crippen LogP contribution in [0.3, 0.4) is 0 Å². The largest absolute Gasteiger partial charge is 0.492 e. The number of benzene rings is 2. The summed E-state index contributed by atoms with van der Waals surface area (Å²) in [5, 5.41) is 6.96. The van der Waals surface area contributed by atoms with Crippen LogP contribution in [-0.2, 0) is 0 Å². The zero-order valence-electron chi connectivity index (χ0n) is 16.7. The monoisotopic (exact) mass is 410 g/mol. The molecule has 2 aromatic carbocycles. The zero-order chi connectivity index (χ0) is 20.9. The molecular formula is C22H23FN4O3. The summed E-state index contributed by atoms with van der Waals surface area (Å²) in [5.74, 6) is 1.04. The Morgan fingerprint density at radius 3 is 2.83 bits per heavy atom. The van der Waals surface area contributed by atoms with Gasteiger partial charge in [-0.3, -0.25) is 0 Å². The van der Waals surface area contributed by atoms with Crippen LogP contribution in [-0.4, -0.2) is 34.2 Å². The van der Waals surface area contributed by atoms with Gasteiger partial charge in [-0.2, -0.15) is 4.98 Å². The van der Waals surface area contributed by atoms with Crippen LogP contribution in [0, 0.1) is 5.82 Å². The summed E-state index contributed by atoms with van der Waals surface area (Å²) in [6.07, 6.45) is 2.58. The Hall–Kier alpha value is -3.42. The highest BCUT2D eigenvalue weighted by atomic mass is 19.1. The molecule has 3 aromatic rings. The lowest BCUT2D eigenvalue weighted by Crippen LogP contribution is -2.41. The number of ether oxygens (including phenoxy) is 1. The SMILES string of the molecule is CCOc1ccccc1NC(=O)N1CCCC[C@@H]1c1nc(-c2ccc(F)cc2)no1. The number of piperidine rings is 1. The summed E-state index contributed by atoms with van der Waals surface area (Å²) in [7, 11) is 0. The van der Waals surface area contributed by atoms with E-state index in [2.05, 4.69) is 15.5 Å². The Balaban J connectivity index is 1.53. The van der Waals surface area contributed by atoms with Crippen LogP contribution in [0.4, 0.5) is 14.9 Å². The number of hydrogen-bond donors (Lipinski definition) is 1. The van der Waals surface area contributed by atoms with Crippen molar-refractivity contribution in [3.63, 3.8) is 0 Å². The lowest BCUT2D eigenvalue weighted by Gasteiger charge is -2.33. The number of halogens is 1. The van der Waals surface area contributed by atoms with Crippen molar-refractivity contribution in [3.05, 3.63) is 60.2 Å². The van der Waals surface area contributed by atoms with E-state index in [4.69, 9.17) is 9.26 Å². The number of hydrogen-bond acceptors (Lipinski definition) is 5. The maximum absolute atomic E-state index is 13.2. The summed E-state index contributed by atoms with van der Waals surface area (Å²) < 4.78 is 24.2. The number of para-hydroxylation sites is 2. The van der Waals surface area contributed by atoms with E-state index >= 15 is 0 Å². The third-order valence-corrected chi connectivity index (χ3v) is 5.02. The Kier molecular flexibility index (Phi) is 5.92. The number of amides is 2. The van der Waals surface area contributed by atoms with Gasteiger partial charge in [-0.1, -0.05) is 17.3 Å². The first-order chi connectivity index (χ1) is 14.7. The highest BCUT2D eigenvalue weighted by molar-refractivity contribution is 5.91. The molecule has 4 rings (SSSR count). The zero-order valence-corrected chi connectivity index (χ0v) is 16.7. The van der Waals surface area contributed by atoms with Crippen LogP contribution in [0.5, 0.6) is 5.75 Å². The van der Waals surface area contributed by atoms with E-state index in [0.717, 1.165) is 19.3 Å². The number of aromatic nitrogens is 2. The van der Waals surface area contributed by atoms with Crippen LogP contribution >= 0.6 is 0 Å². The molecular weight excluding hydrogens is 387 g/mol. The van der Waals surface area contributed by atoms with Crippen LogP contribution < -0.4 is 10.1 Å². The van der Waals surface area contributed by atoms with Crippen molar-refractivity contribution in [1.29, 1.82) is 0 Å². The summed E-state index contributed by atoms with van der Waals surface area (Å²) in [4.78, 5) is 19.2. The number of nitrogens with zero attached hydrogens (tertiary/aromatic N) is 3. The van der Waals surface area contributed by atoms with Gasteiger partial charge in [-0.15, -0.1) is 0 Å². The molecule has 0 saturated carbocycles. The summed E-state index contributed by atoms with van der Waals surface area (Å²) in [6, 6.07) is 12.7. The molecule has 7 nitrogen and oxygen atoms in total. The average molecular weight is 410 g/mol. The predicted molar refractivity (Wildman–Crippen MR) is 110 cm³/mol. The first kappa shape index (κ1) is 19.9. The van der Waals surface area contributed by atoms with Crippen molar-refractivity contribution >= 4 is 11.7 Å². The second-order valence-corrected chi connectivity index (χ2v) is 7.03. The van der Waals surface area contributed by atoms with E-state index in [0.29, 0.717) is 41.9 Å². The van der Waals surface area contributed by atoms with Crippen molar-refractivity contribution in [2.75, 3.05) is 18.5 Å². The number of nitrogens with one attached hydrogen (secondary N) is 1. The number of likely N-dealkylation sites (tertiary alicyclic amines) is 1. The maximum Gasteiger partial charge on any atom is 0.322 e. The minimum absolute atomic E-state index is 0.242. The quantitative estimate of drug-likeness (QED) is 0.638. The van der Waals surface area contributed by atoms with Gasteiger partial charge in [0.05, 0.1) is 12.3 Å². The van der Waals surface area contributed by atoms with Gasteiger partial charge in [0.15, 0.2) is 0 Å². The fourth-order valence-electron chi connectivity index (χ4n) is 3.56. The van der Waals surface area contributed by atoms with Gasteiger partial charge in [-0.05, 0) is 62.6 Å². The molecule has 1 N–H and O–H groups in total. The van der Waals surface area contributed by atoms with E-state index in [1.165, 1.54) is 12.1 Å². The van der Waals surface area contributed by atoms with E-state index in [-0.39, 0.29) is 17.9 Å². The van der Waals surface area contributed by atoms with Crippen LogP contribution in [0.15, 0.2) is 53.1 Å². The lowest BCUT2D eigenvalue weighted by atomic mass is 10.0. The van der Waals surface area contributed by atoms with Crippen molar-refractivity contribution in [2.24, 2.45) is 0 Å². The number of anilines is 1.